The van der Waals surface area contributed by atoms with Gasteiger partial charge in [0.15, 0.2) is 0 Å². The molecule has 0 aliphatic heterocycles. The molecule has 2 aromatic rings. The van der Waals surface area contributed by atoms with Crippen LogP contribution in [0.25, 0.3) is 0 Å². The van der Waals surface area contributed by atoms with E-state index in [2.05, 4.69) is 24.3 Å². The Hall–Kier alpha value is -2.89. The molecular weight excluding hydrogens is 328 g/mol. The van der Waals surface area contributed by atoms with E-state index in [1.807, 2.05) is 32.3 Å². The molecule has 0 aliphatic carbocycles. The number of carbonyl (C=O) groups is 2. The van der Waals surface area contributed by atoms with E-state index in [1.165, 1.54) is 16.8 Å². The van der Waals surface area contributed by atoms with Crippen molar-refractivity contribution in [2.75, 3.05) is 19.4 Å². The van der Waals surface area contributed by atoms with Crippen LogP contribution in [-0.4, -0.2) is 40.5 Å². The van der Waals surface area contributed by atoms with E-state index in [1.54, 1.807) is 18.1 Å². The fraction of sp³-hybridized carbons (Fsp3) is 0.350. The molecule has 6 heteroatoms. The first-order chi connectivity index (χ1) is 12.4. The van der Waals surface area contributed by atoms with E-state index >= 15 is 0 Å². The standard InChI is InChI=1S/C20H26N4O2/c1-6-14-9-8-10-15(7-2)19(14)21-20(26)17-13-16(22-24(17)5)18(25)11-12-23(3)4/h8-13H,6-7H2,1-5H3,(H,21,26)/b12-11+. The second kappa shape index (κ2) is 8.47. The second-order valence-corrected chi connectivity index (χ2v) is 6.29. The molecule has 1 amide bonds. The van der Waals surface area contributed by atoms with Crippen molar-refractivity contribution < 1.29 is 9.59 Å². The molecule has 2 rings (SSSR count). The van der Waals surface area contributed by atoms with Crippen molar-refractivity contribution in [1.82, 2.24) is 14.7 Å². The number of aryl methyl sites for hydroxylation is 3. The molecule has 1 aromatic heterocycles. The predicted molar refractivity (Wildman–Crippen MR) is 104 cm³/mol. The second-order valence-electron chi connectivity index (χ2n) is 6.29. The molecule has 0 saturated heterocycles. The zero-order chi connectivity index (χ0) is 19.3. The summed E-state index contributed by atoms with van der Waals surface area (Å²) in [4.78, 5) is 26.7. The third kappa shape index (κ3) is 4.39. The Morgan fingerprint density at radius 2 is 1.81 bits per heavy atom. The number of benzene rings is 1. The Morgan fingerprint density at radius 3 is 2.35 bits per heavy atom. The SMILES string of the molecule is CCc1cccc(CC)c1NC(=O)c1cc(C(=O)/C=C/N(C)C)nn1C. The van der Waals surface area contributed by atoms with Gasteiger partial charge in [-0.3, -0.25) is 14.3 Å². The number of nitrogens with one attached hydrogen (secondary N) is 1. The number of hydrogen-bond donors (Lipinski definition) is 1. The van der Waals surface area contributed by atoms with Gasteiger partial charge in [-0.05, 0) is 24.0 Å². The molecule has 6 nitrogen and oxygen atoms in total. The molecular formula is C20H26N4O2. The Morgan fingerprint density at radius 1 is 1.19 bits per heavy atom. The van der Waals surface area contributed by atoms with Crippen molar-refractivity contribution in [3.05, 3.63) is 59.1 Å². The summed E-state index contributed by atoms with van der Waals surface area (Å²) in [6.07, 6.45) is 4.75. The fourth-order valence-electron chi connectivity index (χ4n) is 2.68. The number of hydrogen-bond acceptors (Lipinski definition) is 4. The van der Waals surface area contributed by atoms with E-state index < -0.39 is 0 Å². The van der Waals surface area contributed by atoms with Crippen molar-refractivity contribution in [2.45, 2.75) is 26.7 Å². The highest BCUT2D eigenvalue weighted by Crippen LogP contribution is 2.23. The van der Waals surface area contributed by atoms with Crippen LogP contribution in [0, 0.1) is 0 Å². The molecule has 138 valence electrons. The third-order valence-corrected chi connectivity index (χ3v) is 4.13. The summed E-state index contributed by atoms with van der Waals surface area (Å²) in [6.45, 7) is 4.12. The van der Waals surface area contributed by atoms with Crippen LogP contribution in [0.3, 0.4) is 0 Å². The highest BCUT2D eigenvalue weighted by molar-refractivity contribution is 6.08. The van der Waals surface area contributed by atoms with Crippen LogP contribution in [-0.2, 0) is 19.9 Å². The number of amides is 1. The van der Waals surface area contributed by atoms with Crippen LogP contribution < -0.4 is 5.32 Å². The molecule has 1 heterocycles. The quantitative estimate of drug-likeness (QED) is 0.613. The Bertz CT molecular complexity index is 812. The highest BCUT2D eigenvalue weighted by atomic mass is 16.2. The van der Waals surface area contributed by atoms with Gasteiger partial charge in [-0.2, -0.15) is 5.10 Å². The van der Waals surface area contributed by atoms with Crippen molar-refractivity contribution in [3.63, 3.8) is 0 Å². The summed E-state index contributed by atoms with van der Waals surface area (Å²) in [5.74, 6) is -0.511. The van der Waals surface area contributed by atoms with Crippen LogP contribution in [0.4, 0.5) is 5.69 Å². The summed E-state index contributed by atoms with van der Waals surface area (Å²) in [5, 5.41) is 7.18. The van der Waals surface area contributed by atoms with Crippen molar-refractivity contribution >= 4 is 17.4 Å². The Labute approximate surface area is 154 Å². The number of carbonyl (C=O) groups excluding carboxylic acids is 2. The number of anilines is 1. The minimum absolute atomic E-state index is 0.239. The minimum atomic E-state index is -0.272. The maximum absolute atomic E-state index is 12.8. The smallest absolute Gasteiger partial charge is 0.273 e. The van der Waals surface area contributed by atoms with Gasteiger partial charge in [0, 0.05) is 45.2 Å². The molecule has 0 unspecified atom stereocenters. The number of para-hydroxylation sites is 1. The third-order valence-electron chi connectivity index (χ3n) is 4.13. The van der Waals surface area contributed by atoms with E-state index in [-0.39, 0.29) is 17.4 Å². The van der Waals surface area contributed by atoms with Crippen LogP contribution in [0.1, 0.15) is 46.0 Å². The van der Waals surface area contributed by atoms with Crippen LogP contribution in [0.15, 0.2) is 36.5 Å². The molecule has 0 fully saturated rings. The van der Waals surface area contributed by atoms with Crippen LogP contribution in [0.5, 0.6) is 0 Å². The van der Waals surface area contributed by atoms with Crippen molar-refractivity contribution in [1.29, 1.82) is 0 Å². The van der Waals surface area contributed by atoms with E-state index in [0.29, 0.717) is 5.69 Å². The van der Waals surface area contributed by atoms with Crippen LogP contribution in [0.2, 0.25) is 0 Å². The molecule has 1 aromatic carbocycles. The minimum Gasteiger partial charge on any atom is -0.383 e. The van der Waals surface area contributed by atoms with Gasteiger partial charge in [0.2, 0.25) is 5.78 Å². The topological polar surface area (TPSA) is 67.2 Å². The number of ketones is 1. The van der Waals surface area contributed by atoms with Gasteiger partial charge < -0.3 is 10.2 Å². The monoisotopic (exact) mass is 354 g/mol. The molecule has 26 heavy (non-hydrogen) atoms. The first-order valence-electron chi connectivity index (χ1n) is 8.72. The largest absolute Gasteiger partial charge is 0.383 e. The highest BCUT2D eigenvalue weighted by Gasteiger charge is 2.18. The van der Waals surface area contributed by atoms with Gasteiger partial charge >= 0.3 is 0 Å². The van der Waals surface area contributed by atoms with E-state index in [0.717, 1.165) is 29.7 Å². The van der Waals surface area contributed by atoms with Gasteiger partial charge in [-0.15, -0.1) is 0 Å². The molecule has 0 aliphatic rings. The zero-order valence-corrected chi connectivity index (χ0v) is 16.0. The Kier molecular flexibility index (Phi) is 6.33. The summed E-state index contributed by atoms with van der Waals surface area (Å²) < 4.78 is 1.44. The molecule has 0 saturated carbocycles. The molecule has 1 N–H and O–H groups in total. The maximum atomic E-state index is 12.8. The lowest BCUT2D eigenvalue weighted by atomic mass is 10.0. The number of aromatic nitrogens is 2. The normalized spacial score (nSPS) is 11.0. The number of nitrogens with zero attached hydrogens (tertiary/aromatic N) is 3. The van der Waals surface area contributed by atoms with Gasteiger partial charge in [-0.25, -0.2) is 0 Å². The average molecular weight is 354 g/mol. The predicted octanol–water partition coefficient (Wildman–Crippen LogP) is 3.06. The molecule has 0 radical (unpaired) electrons. The fourth-order valence-corrected chi connectivity index (χ4v) is 2.68. The number of allylic oxidation sites excluding steroid dienone is 1. The average Bonchev–Trinajstić information content (AvgIpc) is 3.01. The summed E-state index contributed by atoms with van der Waals surface area (Å²) in [7, 11) is 5.32. The summed E-state index contributed by atoms with van der Waals surface area (Å²) in [5.41, 5.74) is 3.62. The summed E-state index contributed by atoms with van der Waals surface area (Å²) >= 11 is 0. The van der Waals surface area contributed by atoms with Crippen LogP contribution >= 0.6 is 0 Å². The molecule has 0 bridgehead atoms. The Balaban J connectivity index is 2.28. The van der Waals surface area contributed by atoms with Crippen molar-refractivity contribution in [3.8, 4) is 0 Å². The van der Waals surface area contributed by atoms with Gasteiger partial charge in [-0.1, -0.05) is 32.0 Å². The zero-order valence-electron chi connectivity index (χ0n) is 16.0. The lowest BCUT2D eigenvalue weighted by Gasteiger charge is -2.14. The van der Waals surface area contributed by atoms with E-state index in [9.17, 15) is 9.59 Å². The van der Waals surface area contributed by atoms with Crippen molar-refractivity contribution in [2.24, 2.45) is 7.05 Å². The molecule has 0 atom stereocenters. The van der Waals surface area contributed by atoms with Gasteiger partial charge in [0.25, 0.3) is 5.91 Å². The maximum Gasteiger partial charge on any atom is 0.273 e. The number of rotatable bonds is 7. The first kappa shape index (κ1) is 19.4. The van der Waals surface area contributed by atoms with E-state index in [4.69, 9.17) is 0 Å². The lowest BCUT2D eigenvalue weighted by molar-refractivity contribution is 0.101. The first-order valence-corrected chi connectivity index (χ1v) is 8.72. The van der Waals surface area contributed by atoms with Gasteiger partial charge in [0.05, 0.1) is 0 Å². The lowest BCUT2D eigenvalue weighted by Crippen LogP contribution is -2.18. The summed E-state index contributed by atoms with van der Waals surface area (Å²) in [6, 6.07) is 7.56. The van der Waals surface area contributed by atoms with Gasteiger partial charge in [0.1, 0.15) is 11.4 Å². The molecule has 0 spiro atoms.